The fraction of sp³-hybridized carbons (Fsp3) is 0.300. The van der Waals surface area contributed by atoms with E-state index in [0.29, 0.717) is 12.2 Å². The SMILES string of the molecule is CCn1nnc(C(=O)O)c1-c1sccc1C. The minimum atomic E-state index is -1.04. The number of aromatic carboxylic acids is 1. The van der Waals surface area contributed by atoms with Crippen molar-refractivity contribution in [2.45, 2.75) is 20.4 Å². The van der Waals surface area contributed by atoms with Gasteiger partial charge >= 0.3 is 5.97 Å². The molecule has 0 saturated heterocycles. The lowest BCUT2D eigenvalue weighted by molar-refractivity contribution is 0.0691. The fourth-order valence-electron chi connectivity index (χ4n) is 1.52. The minimum Gasteiger partial charge on any atom is -0.476 e. The second kappa shape index (κ2) is 4.05. The van der Waals surface area contributed by atoms with E-state index in [9.17, 15) is 4.79 Å². The maximum absolute atomic E-state index is 11.0. The number of carbonyl (C=O) groups is 1. The molecule has 0 aliphatic rings. The van der Waals surface area contributed by atoms with Crippen LogP contribution in [-0.2, 0) is 6.54 Å². The van der Waals surface area contributed by atoms with Crippen molar-refractivity contribution >= 4 is 17.3 Å². The average Bonchev–Trinajstić information content (AvgIpc) is 2.82. The zero-order chi connectivity index (χ0) is 11.7. The summed E-state index contributed by atoms with van der Waals surface area (Å²) in [6.07, 6.45) is 0. The third-order valence-electron chi connectivity index (χ3n) is 2.31. The molecule has 84 valence electrons. The van der Waals surface area contributed by atoms with Crippen LogP contribution in [0.3, 0.4) is 0 Å². The smallest absolute Gasteiger partial charge is 0.358 e. The summed E-state index contributed by atoms with van der Waals surface area (Å²) in [5, 5.41) is 18.5. The molecule has 0 aromatic carbocycles. The number of nitrogens with zero attached hydrogens (tertiary/aromatic N) is 3. The van der Waals surface area contributed by atoms with Crippen LogP contribution in [0.4, 0.5) is 0 Å². The van der Waals surface area contributed by atoms with Gasteiger partial charge in [-0.15, -0.1) is 16.4 Å². The molecule has 16 heavy (non-hydrogen) atoms. The highest BCUT2D eigenvalue weighted by Crippen LogP contribution is 2.30. The Hall–Kier alpha value is -1.69. The molecule has 2 aromatic heterocycles. The monoisotopic (exact) mass is 237 g/mol. The number of rotatable bonds is 3. The van der Waals surface area contributed by atoms with E-state index in [-0.39, 0.29) is 5.69 Å². The van der Waals surface area contributed by atoms with Gasteiger partial charge in [0.15, 0.2) is 5.69 Å². The zero-order valence-corrected chi connectivity index (χ0v) is 9.78. The number of aryl methyl sites for hydroxylation is 2. The summed E-state index contributed by atoms with van der Waals surface area (Å²) < 4.78 is 1.61. The van der Waals surface area contributed by atoms with Crippen LogP contribution in [0, 0.1) is 6.92 Å². The van der Waals surface area contributed by atoms with Gasteiger partial charge in [-0.25, -0.2) is 9.48 Å². The van der Waals surface area contributed by atoms with Gasteiger partial charge in [-0.1, -0.05) is 5.21 Å². The molecular weight excluding hydrogens is 226 g/mol. The molecule has 0 saturated carbocycles. The first-order chi connectivity index (χ1) is 7.65. The molecule has 0 aliphatic carbocycles. The standard InChI is InChI=1S/C10H11N3O2S/c1-3-13-8(7(10(14)15)11-12-13)9-6(2)4-5-16-9/h4-5H,3H2,1-2H3,(H,14,15). The molecule has 2 rings (SSSR count). The highest BCUT2D eigenvalue weighted by molar-refractivity contribution is 7.13. The number of carboxylic acids is 1. The van der Waals surface area contributed by atoms with Crippen molar-refractivity contribution in [2.24, 2.45) is 0 Å². The van der Waals surface area contributed by atoms with E-state index in [1.165, 1.54) is 11.3 Å². The molecule has 2 aromatic rings. The van der Waals surface area contributed by atoms with E-state index in [2.05, 4.69) is 10.3 Å². The fourth-order valence-corrected chi connectivity index (χ4v) is 2.49. The third kappa shape index (κ3) is 1.61. The van der Waals surface area contributed by atoms with Crippen molar-refractivity contribution in [3.05, 3.63) is 22.7 Å². The highest BCUT2D eigenvalue weighted by Gasteiger charge is 2.21. The Morgan fingerprint density at radius 1 is 1.62 bits per heavy atom. The molecular formula is C10H11N3O2S. The molecule has 0 amide bonds. The first kappa shape index (κ1) is 10.8. The van der Waals surface area contributed by atoms with E-state index < -0.39 is 5.97 Å². The van der Waals surface area contributed by atoms with Gasteiger partial charge in [-0.3, -0.25) is 0 Å². The van der Waals surface area contributed by atoms with Crippen molar-refractivity contribution in [3.8, 4) is 10.6 Å². The van der Waals surface area contributed by atoms with Crippen molar-refractivity contribution in [1.29, 1.82) is 0 Å². The molecule has 0 fully saturated rings. The maximum Gasteiger partial charge on any atom is 0.358 e. The van der Waals surface area contributed by atoms with E-state index in [4.69, 9.17) is 5.11 Å². The van der Waals surface area contributed by atoms with Gasteiger partial charge in [-0.05, 0) is 30.9 Å². The summed E-state index contributed by atoms with van der Waals surface area (Å²) in [6, 6.07) is 1.96. The van der Waals surface area contributed by atoms with Gasteiger partial charge in [0.25, 0.3) is 0 Å². The highest BCUT2D eigenvalue weighted by atomic mass is 32.1. The number of aromatic nitrogens is 3. The quantitative estimate of drug-likeness (QED) is 0.886. The second-order valence-corrected chi connectivity index (χ2v) is 4.26. The molecule has 0 unspecified atom stereocenters. The van der Waals surface area contributed by atoms with Crippen molar-refractivity contribution in [2.75, 3.05) is 0 Å². The Balaban J connectivity index is 2.66. The minimum absolute atomic E-state index is 0.0207. The molecule has 1 N–H and O–H groups in total. The Morgan fingerprint density at radius 2 is 2.38 bits per heavy atom. The largest absolute Gasteiger partial charge is 0.476 e. The summed E-state index contributed by atoms with van der Waals surface area (Å²) >= 11 is 1.50. The molecule has 0 aliphatic heterocycles. The predicted molar refractivity (Wildman–Crippen MR) is 60.7 cm³/mol. The van der Waals surface area contributed by atoms with Gasteiger partial charge in [-0.2, -0.15) is 0 Å². The van der Waals surface area contributed by atoms with Crippen LogP contribution in [-0.4, -0.2) is 26.1 Å². The van der Waals surface area contributed by atoms with E-state index in [1.807, 2.05) is 25.3 Å². The zero-order valence-electron chi connectivity index (χ0n) is 8.97. The van der Waals surface area contributed by atoms with Crippen LogP contribution >= 0.6 is 11.3 Å². The molecule has 0 atom stereocenters. The van der Waals surface area contributed by atoms with Gasteiger partial charge < -0.3 is 5.11 Å². The molecule has 0 radical (unpaired) electrons. The van der Waals surface area contributed by atoms with Crippen LogP contribution in [0.2, 0.25) is 0 Å². The van der Waals surface area contributed by atoms with E-state index in [1.54, 1.807) is 4.68 Å². The number of hydrogen-bond acceptors (Lipinski definition) is 4. The van der Waals surface area contributed by atoms with Crippen LogP contribution in [0.5, 0.6) is 0 Å². The number of hydrogen-bond donors (Lipinski definition) is 1. The van der Waals surface area contributed by atoms with Crippen molar-refractivity contribution in [3.63, 3.8) is 0 Å². The van der Waals surface area contributed by atoms with Crippen LogP contribution in [0.15, 0.2) is 11.4 Å². The lowest BCUT2D eigenvalue weighted by Gasteiger charge is -2.03. The average molecular weight is 237 g/mol. The van der Waals surface area contributed by atoms with Crippen LogP contribution in [0.1, 0.15) is 23.0 Å². The van der Waals surface area contributed by atoms with Crippen LogP contribution < -0.4 is 0 Å². The normalized spacial score (nSPS) is 10.6. The number of carboxylic acid groups (broad SMARTS) is 1. The maximum atomic E-state index is 11.0. The molecule has 5 nitrogen and oxygen atoms in total. The topological polar surface area (TPSA) is 68.0 Å². The summed E-state index contributed by atoms with van der Waals surface area (Å²) in [5.41, 5.74) is 1.67. The summed E-state index contributed by atoms with van der Waals surface area (Å²) in [6.45, 7) is 4.46. The predicted octanol–water partition coefficient (Wildman–Crippen LogP) is 2.03. The number of thiophene rings is 1. The Bertz CT molecular complexity index is 530. The van der Waals surface area contributed by atoms with Gasteiger partial charge in [0.05, 0.1) is 4.88 Å². The van der Waals surface area contributed by atoms with Crippen LogP contribution in [0.25, 0.3) is 10.6 Å². The second-order valence-electron chi connectivity index (χ2n) is 3.34. The Morgan fingerprint density at radius 3 is 2.88 bits per heavy atom. The molecule has 0 bridgehead atoms. The van der Waals surface area contributed by atoms with Crippen molar-refractivity contribution < 1.29 is 9.90 Å². The summed E-state index contributed by atoms with van der Waals surface area (Å²) in [4.78, 5) is 12.0. The van der Waals surface area contributed by atoms with Gasteiger partial charge in [0.1, 0.15) is 5.69 Å². The first-order valence-corrected chi connectivity index (χ1v) is 5.74. The Labute approximate surface area is 96.3 Å². The summed E-state index contributed by atoms with van der Waals surface area (Å²) in [5.74, 6) is -1.04. The Kier molecular flexibility index (Phi) is 2.74. The molecule has 6 heteroatoms. The van der Waals surface area contributed by atoms with E-state index in [0.717, 1.165) is 10.4 Å². The van der Waals surface area contributed by atoms with Gasteiger partial charge in [0.2, 0.25) is 0 Å². The lowest BCUT2D eigenvalue weighted by atomic mass is 10.2. The molecule has 0 spiro atoms. The lowest BCUT2D eigenvalue weighted by Crippen LogP contribution is -2.03. The summed E-state index contributed by atoms with van der Waals surface area (Å²) in [7, 11) is 0. The van der Waals surface area contributed by atoms with Gasteiger partial charge in [0, 0.05) is 6.54 Å². The third-order valence-corrected chi connectivity index (χ3v) is 3.34. The molecule has 2 heterocycles. The van der Waals surface area contributed by atoms with E-state index >= 15 is 0 Å². The first-order valence-electron chi connectivity index (χ1n) is 4.86. The van der Waals surface area contributed by atoms with Crippen molar-refractivity contribution in [1.82, 2.24) is 15.0 Å².